The molecule has 138 valence electrons. The highest BCUT2D eigenvalue weighted by Gasteiger charge is 2.24. The maximum atomic E-state index is 13.5. The van der Waals surface area contributed by atoms with Crippen molar-refractivity contribution in [3.8, 4) is 5.75 Å². The first-order valence-corrected chi connectivity index (χ1v) is 8.66. The van der Waals surface area contributed by atoms with Crippen molar-refractivity contribution in [3.63, 3.8) is 0 Å². The summed E-state index contributed by atoms with van der Waals surface area (Å²) < 4.78 is 45.2. The van der Waals surface area contributed by atoms with Crippen LogP contribution in [0.3, 0.4) is 0 Å². The number of carbonyl (C=O) groups is 1. The van der Waals surface area contributed by atoms with Crippen LogP contribution in [-0.4, -0.2) is 30.5 Å². The number of likely N-dealkylation sites (tertiary alicyclic amines) is 1. The zero-order chi connectivity index (χ0) is 18.5. The number of benzene rings is 2. The van der Waals surface area contributed by atoms with Crippen LogP contribution in [0.1, 0.15) is 29.6 Å². The highest BCUT2D eigenvalue weighted by molar-refractivity contribution is 5.94. The van der Waals surface area contributed by atoms with Gasteiger partial charge < -0.3 is 9.64 Å². The summed E-state index contributed by atoms with van der Waals surface area (Å²) in [6.45, 7) is 1.53. The second kappa shape index (κ2) is 8.25. The van der Waals surface area contributed by atoms with Crippen molar-refractivity contribution in [2.24, 2.45) is 5.92 Å². The highest BCUT2D eigenvalue weighted by Crippen LogP contribution is 2.23. The second-order valence-electron chi connectivity index (χ2n) is 6.43. The molecule has 0 spiro atoms. The van der Waals surface area contributed by atoms with E-state index < -0.39 is 11.6 Å². The van der Waals surface area contributed by atoms with E-state index in [1.54, 1.807) is 23.1 Å². The Morgan fingerprint density at radius 2 is 1.73 bits per heavy atom. The lowest BCUT2D eigenvalue weighted by atomic mass is 9.93. The van der Waals surface area contributed by atoms with Crippen LogP contribution in [0.15, 0.2) is 42.5 Å². The van der Waals surface area contributed by atoms with Gasteiger partial charge in [0.05, 0.1) is 6.61 Å². The summed E-state index contributed by atoms with van der Waals surface area (Å²) in [5.74, 6) is -2.01. The molecule has 0 bridgehead atoms. The van der Waals surface area contributed by atoms with Crippen molar-refractivity contribution in [1.29, 1.82) is 0 Å². The van der Waals surface area contributed by atoms with Gasteiger partial charge in [0.15, 0.2) is 23.2 Å². The Balaban J connectivity index is 1.46. The molecular weight excluding hydrogens is 343 g/mol. The van der Waals surface area contributed by atoms with Gasteiger partial charge in [0.2, 0.25) is 0 Å². The average Bonchev–Trinajstić information content (AvgIpc) is 2.65. The van der Waals surface area contributed by atoms with E-state index in [0.717, 1.165) is 31.4 Å². The van der Waals surface area contributed by atoms with Crippen LogP contribution < -0.4 is 4.74 Å². The number of amides is 1. The van der Waals surface area contributed by atoms with Crippen molar-refractivity contribution < 1.29 is 22.7 Å². The predicted molar refractivity (Wildman–Crippen MR) is 91.5 cm³/mol. The summed E-state index contributed by atoms with van der Waals surface area (Å²) in [5.41, 5.74) is 0.158. The fourth-order valence-electron chi connectivity index (χ4n) is 3.13. The normalized spacial score (nSPS) is 15.1. The third-order valence-electron chi connectivity index (χ3n) is 4.69. The SMILES string of the molecule is O=C(c1ccc(F)c(F)c1)N1CCC(CCOc2ccccc2F)CC1. The van der Waals surface area contributed by atoms with E-state index in [0.29, 0.717) is 25.6 Å². The zero-order valence-corrected chi connectivity index (χ0v) is 14.3. The fraction of sp³-hybridized carbons (Fsp3) is 0.350. The Hall–Kier alpha value is -2.50. The monoisotopic (exact) mass is 363 g/mol. The molecule has 2 aromatic rings. The lowest BCUT2D eigenvalue weighted by Gasteiger charge is -2.32. The number of hydrogen-bond acceptors (Lipinski definition) is 2. The first kappa shape index (κ1) is 18.3. The molecule has 1 heterocycles. The van der Waals surface area contributed by atoms with Crippen LogP contribution in [0.5, 0.6) is 5.75 Å². The molecule has 2 aromatic carbocycles. The molecule has 0 aromatic heterocycles. The van der Waals surface area contributed by atoms with E-state index in [-0.39, 0.29) is 23.0 Å². The first-order valence-electron chi connectivity index (χ1n) is 8.66. The smallest absolute Gasteiger partial charge is 0.253 e. The second-order valence-corrected chi connectivity index (χ2v) is 6.43. The summed E-state index contributed by atoms with van der Waals surface area (Å²) in [4.78, 5) is 14.0. The summed E-state index contributed by atoms with van der Waals surface area (Å²) >= 11 is 0. The molecule has 0 radical (unpaired) electrons. The van der Waals surface area contributed by atoms with Crippen molar-refractivity contribution in [2.45, 2.75) is 19.3 Å². The van der Waals surface area contributed by atoms with Crippen LogP contribution in [0.2, 0.25) is 0 Å². The lowest BCUT2D eigenvalue weighted by Crippen LogP contribution is -2.38. The molecule has 1 fully saturated rings. The molecule has 1 aliphatic rings. The van der Waals surface area contributed by atoms with E-state index in [1.165, 1.54) is 12.1 Å². The minimum absolute atomic E-state index is 0.158. The topological polar surface area (TPSA) is 29.5 Å². The van der Waals surface area contributed by atoms with E-state index in [1.807, 2.05) is 0 Å². The third-order valence-corrected chi connectivity index (χ3v) is 4.69. The van der Waals surface area contributed by atoms with Crippen LogP contribution in [-0.2, 0) is 0 Å². The van der Waals surface area contributed by atoms with Crippen molar-refractivity contribution in [2.75, 3.05) is 19.7 Å². The van der Waals surface area contributed by atoms with Crippen LogP contribution in [0.25, 0.3) is 0 Å². The van der Waals surface area contributed by atoms with E-state index in [4.69, 9.17) is 4.74 Å². The molecule has 3 rings (SSSR count). The molecular formula is C20H20F3NO2. The standard InChI is InChI=1S/C20H20F3NO2/c21-16-6-5-15(13-18(16)23)20(25)24-10-7-14(8-11-24)9-12-26-19-4-2-1-3-17(19)22/h1-6,13-14H,7-12H2. The van der Waals surface area contributed by atoms with Gasteiger partial charge in [0.25, 0.3) is 5.91 Å². The van der Waals surface area contributed by atoms with Crippen molar-refractivity contribution in [1.82, 2.24) is 4.90 Å². The van der Waals surface area contributed by atoms with Crippen LogP contribution in [0, 0.1) is 23.4 Å². The van der Waals surface area contributed by atoms with Crippen LogP contribution in [0.4, 0.5) is 13.2 Å². The Labute approximate surface area is 150 Å². The number of hydrogen-bond donors (Lipinski definition) is 0. The summed E-state index contributed by atoms with van der Waals surface area (Å²) in [5, 5.41) is 0. The van der Waals surface area contributed by atoms with Gasteiger partial charge in [-0.15, -0.1) is 0 Å². The quantitative estimate of drug-likeness (QED) is 0.787. The summed E-state index contributed by atoms with van der Waals surface area (Å²) in [6, 6.07) is 9.50. The van der Waals surface area contributed by atoms with Gasteiger partial charge in [-0.05, 0) is 55.5 Å². The van der Waals surface area contributed by atoms with Crippen LogP contribution >= 0.6 is 0 Å². The van der Waals surface area contributed by atoms with E-state index in [2.05, 4.69) is 0 Å². The maximum Gasteiger partial charge on any atom is 0.253 e. The third kappa shape index (κ3) is 4.36. The van der Waals surface area contributed by atoms with Gasteiger partial charge in [0, 0.05) is 18.7 Å². The summed E-state index contributed by atoms with van der Waals surface area (Å²) in [6.07, 6.45) is 2.38. The molecule has 6 heteroatoms. The van der Waals surface area contributed by atoms with Crippen molar-refractivity contribution in [3.05, 3.63) is 65.5 Å². The van der Waals surface area contributed by atoms with Gasteiger partial charge in [0.1, 0.15) is 0 Å². The molecule has 1 aliphatic heterocycles. The van der Waals surface area contributed by atoms with Gasteiger partial charge >= 0.3 is 0 Å². The largest absolute Gasteiger partial charge is 0.491 e. The Kier molecular flexibility index (Phi) is 5.81. The Morgan fingerprint density at radius 1 is 1.00 bits per heavy atom. The minimum atomic E-state index is -1.02. The number of halogens is 3. The fourth-order valence-corrected chi connectivity index (χ4v) is 3.13. The zero-order valence-electron chi connectivity index (χ0n) is 14.3. The average molecular weight is 363 g/mol. The summed E-state index contributed by atoms with van der Waals surface area (Å²) in [7, 11) is 0. The van der Waals surface area contributed by atoms with Gasteiger partial charge in [-0.3, -0.25) is 4.79 Å². The molecule has 0 unspecified atom stereocenters. The molecule has 1 amide bonds. The Bertz CT molecular complexity index is 773. The first-order chi connectivity index (χ1) is 12.5. The molecule has 0 saturated carbocycles. The van der Waals surface area contributed by atoms with E-state index >= 15 is 0 Å². The van der Waals surface area contributed by atoms with Gasteiger partial charge in [-0.2, -0.15) is 0 Å². The van der Waals surface area contributed by atoms with Gasteiger partial charge in [-0.1, -0.05) is 12.1 Å². The molecule has 0 N–H and O–H groups in total. The Morgan fingerprint density at radius 3 is 2.42 bits per heavy atom. The number of carbonyl (C=O) groups excluding carboxylic acids is 1. The number of rotatable bonds is 5. The minimum Gasteiger partial charge on any atom is -0.491 e. The lowest BCUT2D eigenvalue weighted by molar-refractivity contribution is 0.0679. The predicted octanol–water partition coefficient (Wildman–Crippen LogP) is 4.43. The van der Waals surface area contributed by atoms with Crippen molar-refractivity contribution >= 4 is 5.91 Å². The molecule has 3 nitrogen and oxygen atoms in total. The van der Waals surface area contributed by atoms with E-state index in [9.17, 15) is 18.0 Å². The molecule has 1 saturated heterocycles. The molecule has 26 heavy (non-hydrogen) atoms. The number of ether oxygens (including phenoxy) is 1. The number of para-hydroxylation sites is 1. The molecule has 0 aliphatic carbocycles. The van der Waals surface area contributed by atoms with Gasteiger partial charge in [-0.25, -0.2) is 13.2 Å². The number of nitrogens with zero attached hydrogens (tertiary/aromatic N) is 1. The highest BCUT2D eigenvalue weighted by atomic mass is 19.2. The number of piperidine rings is 1. The molecule has 0 atom stereocenters. The maximum absolute atomic E-state index is 13.5.